The fraction of sp³-hybridized carbons (Fsp3) is 0.143. The van der Waals surface area contributed by atoms with Crippen molar-refractivity contribution < 1.29 is 18.7 Å². The Morgan fingerprint density at radius 2 is 2.15 bits per heavy atom. The Labute approximate surface area is 119 Å². The maximum absolute atomic E-state index is 13.7. The molecule has 1 heterocycles. The number of carbonyl (C=O) groups is 2. The summed E-state index contributed by atoms with van der Waals surface area (Å²) in [6.07, 6.45) is 1.25. The van der Waals surface area contributed by atoms with E-state index < -0.39 is 17.7 Å². The third-order valence-electron chi connectivity index (χ3n) is 2.87. The molecule has 4 nitrogen and oxygen atoms in total. The smallest absolute Gasteiger partial charge is 0.340 e. The molecule has 0 bridgehead atoms. The third-order valence-corrected chi connectivity index (χ3v) is 3.20. The molecule has 0 saturated heterocycles. The second-order valence-electron chi connectivity index (χ2n) is 4.14. The van der Waals surface area contributed by atoms with Crippen LogP contribution in [-0.4, -0.2) is 19.0 Å². The van der Waals surface area contributed by atoms with E-state index in [4.69, 9.17) is 11.6 Å². The molecule has 1 amide bonds. The van der Waals surface area contributed by atoms with Crippen molar-refractivity contribution in [3.8, 4) is 0 Å². The van der Waals surface area contributed by atoms with Crippen LogP contribution in [0.4, 0.5) is 4.39 Å². The first-order chi connectivity index (χ1) is 9.45. The van der Waals surface area contributed by atoms with Crippen molar-refractivity contribution in [2.24, 2.45) is 0 Å². The molecule has 1 aliphatic heterocycles. The summed E-state index contributed by atoms with van der Waals surface area (Å²) in [5.74, 6) is -1.74. The van der Waals surface area contributed by atoms with Gasteiger partial charge in [0.05, 0.1) is 23.3 Å². The van der Waals surface area contributed by atoms with Gasteiger partial charge in [-0.05, 0) is 25.1 Å². The molecular formula is C14H11ClFNO3. The van der Waals surface area contributed by atoms with Gasteiger partial charge in [0.15, 0.2) is 0 Å². The molecule has 6 heteroatoms. The molecule has 0 radical (unpaired) electrons. The molecule has 0 unspecified atom stereocenters. The van der Waals surface area contributed by atoms with E-state index in [1.165, 1.54) is 31.4 Å². The van der Waals surface area contributed by atoms with Crippen molar-refractivity contribution in [2.45, 2.75) is 6.92 Å². The van der Waals surface area contributed by atoms with E-state index in [0.717, 1.165) is 0 Å². The molecule has 2 rings (SSSR count). The first-order valence-electron chi connectivity index (χ1n) is 5.72. The molecule has 0 saturated carbocycles. The Bertz CT molecular complexity index is 644. The number of amides is 1. The number of methoxy groups -OCH3 is 1. The van der Waals surface area contributed by atoms with Crippen molar-refractivity contribution in [1.29, 1.82) is 0 Å². The second-order valence-corrected chi connectivity index (χ2v) is 4.55. The number of carbonyl (C=O) groups excluding carboxylic acids is 2. The predicted molar refractivity (Wildman–Crippen MR) is 72.2 cm³/mol. The molecule has 1 aliphatic rings. The molecule has 0 spiro atoms. The lowest BCUT2D eigenvalue weighted by molar-refractivity contribution is -0.136. The highest BCUT2D eigenvalue weighted by Crippen LogP contribution is 2.28. The average molecular weight is 296 g/mol. The van der Waals surface area contributed by atoms with Crippen LogP contribution in [0.25, 0.3) is 6.08 Å². The van der Waals surface area contributed by atoms with Crippen LogP contribution in [0.15, 0.2) is 35.0 Å². The van der Waals surface area contributed by atoms with Gasteiger partial charge in [-0.1, -0.05) is 17.7 Å². The van der Waals surface area contributed by atoms with Crippen LogP contribution in [0.1, 0.15) is 12.5 Å². The van der Waals surface area contributed by atoms with E-state index in [9.17, 15) is 14.0 Å². The van der Waals surface area contributed by atoms with E-state index in [1.54, 1.807) is 6.92 Å². The normalized spacial score (nSPS) is 16.6. The van der Waals surface area contributed by atoms with Gasteiger partial charge in [0.25, 0.3) is 5.91 Å². The highest BCUT2D eigenvalue weighted by molar-refractivity contribution is 6.32. The van der Waals surface area contributed by atoms with Crippen molar-refractivity contribution >= 4 is 29.6 Å². The zero-order valence-corrected chi connectivity index (χ0v) is 11.5. The van der Waals surface area contributed by atoms with Crippen molar-refractivity contribution in [2.75, 3.05) is 7.11 Å². The molecule has 1 N–H and O–H groups in total. The molecule has 1 aromatic rings. The summed E-state index contributed by atoms with van der Waals surface area (Å²) in [6, 6.07) is 4.18. The number of rotatable bonds is 2. The first kappa shape index (κ1) is 14.3. The Kier molecular flexibility index (Phi) is 3.90. The Morgan fingerprint density at radius 1 is 1.45 bits per heavy atom. The summed E-state index contributed by atoms with van der Waals surface area (Å²) in [5, 5.41) is 2.65. The standard InChI is InChI=1S/C14H11ClFNO3/c1-7-12(14(19)20-2)9(13(18)17-7)6-8-10(15)4-3-5-11(8)16/h3-6H,1-2H3,(H,17,18)/b9-6-. The molecule has 0 aliphatic carbocycles. The first-order valence-corrected chi connectivity index (χ1v) is 6.10. The fourth-order valence-electron chi connectivity index (χ4n) is 1.91. The Hall–Kier alpha value is -2.14. The minimum Gasteiger partial charge on any atom is -0.465 e. The number of halogens is 2. The van der Waals surface area contributed by atoms with E-state index in [0.29, 0.717) is 5.70 Å². The zero-order valence-electron chi connectivity index (χ0n) is 10.8. The molecule has 20 heavy (non-hydrogen) atoms. The van der Waals surface area contributed by atoms with E-state index in [-0.39, 0.29) is 21.7 Å². The molecule has 0 fully saturated rings. The Morgan fingerprint density at radius 3 is 2.75 bits per heavy atom. The maximum Gasteiger partial charge on any atom is 0.340 e. The van der Waals surface area contributed by atoms with Gasteiger partial charge in [-0.15, -0.1) is 0 Å². The van der Waals surface area contributed by atoms with Gasteiger partial charge in [-0.2, -0.15) is 0 Å². The lowest BCUT2D eigenvalue weighted by Crippen LogP contribution is -2.15. The van der Waals surface area contributed by atoms with E-state index >= 15 is 0 Å². The van der Waals surface area contributed by atoms with E-state index in [1.807, 2.05) is 0 Å². The number of benzene rings is 1. The van der Waals surface area contributed by atoms with Crippen LogP contribution in [0.2, 0.25) is 5.02 Å². The predicted octanol–water partition coefficient (Wildman–Crippen LogP) is 2.44. The van der Waals surface area contributed by atoms with Crippen molar-refractivity contribution in [1.82, 2.24) is 5.32 Å². The zero-order chi connectivity index (χ0) is 14.9. The highest BCUT2D eigenvalue weighted by atomic mass is 35.5. The van der Waals surface area contributed by atoms with Crippen LogP contribution in [0.5, 0.6) is 0 Å². The van der Waals surface area contributed by atoms with Crippen LogP contribution < -0.4 is 5.32 Å². The second kappa shape index (κ2) is 5.46. The lowest BCUT2D eigenvalue weighted by atomic mass is 10.0. The van der Waals surface area contributed by atoms with Gasteiger partial charge in [0, 0.05) is 11.3 Å². The lowest BCUT2D eigenvalue weighted by Gasteiger charge is -2.04. The quantitative estimate of drug-likeness (QED) is 0.673. The van der Waals surface area contributed by atoms with Crippen LogP contribution in [0, 0.1) is 5.82 Å². The van der Waals surface area contributed by atoms with Gasteiger partial charge in [0.1, 0.15) is 5.82 Å². The number of allylic oxidation sites excluding steroid dienone is 1. The number of hydrogen-bond acceptors (Lipinski definition) is 3. The number of ether oxygens (including phenoxy) is 1. The highest BCUT2D eigenvalue weighted by Gasteiger charge is 2.31. The monoisotopic (exact) mass is 295 g/mol. The summed E-state index contributed by atoms with van der Waals surface area (Å²) < 4.78 is 18.4. The molecule has 1 aromatic carbocycles. The average Bonchev–Trinajstić information content (AvgIpc) is 2.67. The van der Waals surface area contributed by atoms with Crippen molar-refractivity contribution in [3.05, 3.63) is 51.4 Å². The maximum atomic E-state index is 13.7. The number of esters is 1. The molecule has 0 aromatic heterocycles. The van der Waals surface area contributed by atoms with Gasteiger partial charge in [0.2, 0.25) is 0 Å². The van der Waals surface area contributed by atoms with Crippen LogP contribution >= 0.6 is 11.6 Å². The molecule has 104 valence electrons. The molecule has 0 atom stereocenters. The third kappa shape index (κ3) is 2.44. The van der Waals surface area contributed by atoms with Gasteiger partial charge < -0.3 is 10.1 Å². The van der Waals surface area contributed by atoms with Crippen LogP contribution in [-0.2, 0) is 14.3 Å². The summed E-state index contributed by atoms with van der Waals surface area (Å²) in [4.78, 5) is 23.5. The van der Waals surface area contributed by atoms with E-state index in [2.05, 4.69) is 10.1 Å². The molecular weight excluding hydrogens is 285 g/mol. The Balaban J connectivity index is 2.58. The van der Waals surface area contributed by atoms with Gasteiger partial charge in [-0.25, -0.2) is 9.18 Å². The minimum atomic E-state index is -0.667. The fourth-order valence-corrected chi connectivity index (χ4v) is 2.13. The van der Waals surface area contributed by atoms with Gasteiger partial charge >= 0.3 is 5.97 Å². The number of nitrogens with one attached hydrogen (secondary N) is 1. The summed E-state index contributed by atoms with van der Waals surface area (Å²) >= 11 is 5.90. The number of hydrogen-bond donors (Lipinski definition) is 1. The topological polar surface area (TPSA) is 55.4 Å². The largest absolute Gasteiger partial charge is 0.465 e. The van der Waals surface area contributed by atoms with Crippen LogP contribution in [0.3, 0.4) is 0 Å². The minimum absolute atomic E-state index is 0.0290. The summed E-state index contributed by atoms with van der Waals surface area (Å²) in [5.41, 5.74) is 0.522. The SMILES string of the molecule is COC(=O)C1=C(C)NC(=O)/C1=C\c1c(F)cccc1Cl. The summed E-state index contributed by atoms with van der Waals surface area (Å²) in [7, 11) is 1.21. The summed E-state index contributed by atoms with van der Waals surface area (Å²) in [6.45, 7) is 1.56. The van der Waals surface area contributed by atoms with Crippen molar-refractivity contribution in [3.63, 3.8) is 0 Å². The van der Waals surface area contributed by atoms with Gasteiger partial charge in [-0.3, -0.25) is 4.79 Å².